The Hall–Kier alpha value is -1.59. The molecule has 1 aliphatic rings. The molecule has 0 bridgehead atoms. The third-order valence-electron chi connectivity index (χ3n) is 3.63. The molecule has 0 aliphatic carbocycles. The molecule has 5 nitrogen and oxygen atoms in total. The fraction of sp³-hybridized carbons (Fsp3) is 0.500. The van der Waals surface area contributed by atoms with Gasteiger partial charge in [0.05, 0.1) is 12.1 Å². The van der Waals surface area contributed by atoms with E-state index in [0.29, 0.717) is 12.2 Å². The van der Waals surface area contributed by atoms with Crippen LogP contribution >= 0.6 is 0 Å². The van der Waals surface area contributed by atoms with Crippen LogP contribution in [0.1, 0.15) is 18.9 Å². The minimum absolute atomic E-state index is 0.0537. The summed E-state index contributed by atoms with van der Waals surface area (Å²) in [6.07, 6.45) is 0.423. The average Bonchev–Trinajstić information content (AvgIpc) is 2.78. The quantitative estimate of drug-likeness (QED) is 0.710. The standard InChI is InChI=1S/C14H21N3O2/c1-9-7-11(15)3-4-13(9)16-14(19)10(2)17-6-5-12(18)8-17/h3-4,7,10,12,18H,5-6,8,15H2,1-2H3,(H,16,19). The molecular formula is C14H21N3O2. The summed E-state index contributed by atoms with van der Waals surface area (Å²) < 4.78 is 0. The highest BCUT2D eigenvalue weighted by Gasteiger charge is 2.28. The zero-order chi connectivity index (χ0) is 14.0. The number of aliphatic hydroxyl groups excluding tert-OH is 1. The van der Waals surface area contributed by atoms with Crippen molar-refractivity contribution in [3.8, 4) is 0 Å². The predicted molar refractivity (Wildman–Crippen MR) is 75.9 cm³/mol. The number of likely N-dealkylation sites (tertiary alicyclic amines) is 1. The summed E-state index contributed by atoms with van der Waals surface area (Å²) in [6.45, 7) is 5.10. The molecule has 5 heteroatoms. The summed E-state index contributed by atoms with van der Waals surface area (Å²) in [6, 6.07) is 5.18. The van der Waals surface area contributed by atoms with Gasteiger partial charge in [-0.2, -0.15) is 0 Å². The number of benzene rings is 1. The molecule has 0 radical (unpaired) electrons. The minimum Gasteiger partial charge on any atom is -0.399 e. The molecule has 2 rings (SSSR count). The first-order valence-corrected chi connectivity index (χ1v) is 6.56. The van der Waals surface area contributed by atoms with Crippen LogP contribution in [-0.4, -0.2) is 41.1 Å². The second kappa shape index (κ2) is 5.59. The first-order chi connectivity index (χ1) is 8.97. The summed E-state index contributed by atoms with van der Waals surface area (Å²) in [4.78, 5) is 14.2. The number of carbonyl (C=O) groups is 1. The normalized spacial score (nSPS) is 21.3. The van der Waals surface area contributed by atoms with Crippen LogP contribution < -0.4 is 11.1 Å². The van der Waals surface area contributed by atoms with Gasteiger partial charge in [0.2, 0.25) is 5.91 Å². The van der Waals surface area contributed by atoms with Crippen molar-refractivity contribution in [2.24, 2.45) is 0 Å². The van der Waals surface area contributed by atoms with Gasteiger partial charge in [0.25, 0.3) is 0 Å². The third-order valence-corrected chi connectivity index (χ3v) is 3.63. The summed E-state index contributed by atoms with van der Waals surface area (Å²) in [5.74, 6) is -0.0537. The molecule has 1 saturated heterocycles. The number of β-amino-alcohol motifs (C(OH)–C–C–N with tert-alkyl or cyclic N) is 1. The molecule has 0 spiro atoms. The molecule has 19 heavy (non-hydrogen) atoms. The van der Waals surface area contributed by atoms with Crippen LogP contribution in [0, 0.1) is 6.92 Å². The number of nitrogen functional groups attached to an aromatic ring is 1. The van der Waals surface area contributed by atoms with E-state index in [4.69, 9.17) is 5.73 Å². The molecule has 4 N–H and O–H groups in total. The van der Waals surface area contributed by atoms with Crippen LogP contribution in [0.2, 0.25) is 0 Å². The number of aryl methyl sites for hydroxylation is 1. The number of amides is 1. The largest absolute Gasteiger partial charge is 0.399 e. The van der Waals surface area contributed by atoms with E-state index in [2.05, 4.69) is 5.32 Å². The lowest BCUT2D eigenvalue weighted by atomic mass is 10.1. The first-order valence-electron chi connectivity index (χ1n) is 6.56. The molecule has 2 unspecified atom stereocenters. The number of carbonyl (C=O) groups excluding carboxylic acids is 1. The summed E-state index contributed by atoms with van der Waals surface area (Å²) >= 11 is 0. The van der Waals surface area contributed by atoms with Crippen molar-refractivity contribution < 1.29 is 9.90 Å². The molecule has 1 aromatic rings. The van der Waals surface area contributed by atoms with E-state index < -0.39 is 0 Å². The minimum atomic E-state index is -0.312. The van der Waals surface area contributed by atoms with Gasteiger partial charge in [0.1, 0.15) is 0 Å². The van der Waals surface area contributed by atoms with Gasteiger partial charge >= 0.3 is 0 Å². The van der Waals surface area contributed by atoms with Crippen LogP contribution in [-0.2, 0) is 4.79 Å². The molecule has 104 valence electrons. The van der Waals surface area contributed by atoms with E-state index in [-0.39, 0.29) is 18.1 Å². The van der Waals surface area contributed by atoms with Crippen LogP contribution in [0.15, 0.2) is 18.2 Å². The summed E-state index contributed by atoms with van der Waals surface area (Å²) in [5, 5.41) is 12.4. The van der Waals surface area contributed by atoms with Gasteiger partial charge in [-0.25, -0.2) is 0 Å². The number of nitrogens with zero attached hydrogens (tertiary/aromatic N) is 1. The number of nitrogens with one attached hydrogen (secondary N) is 1. The van der Waals surface area contributed by atoms with Gasteiger partial charge < -0.3 is 16.2 Å². The smallest absolute Gasteiger partial charge is 0.241 e. The third kappa shape index (κ3) is 3.24. The highest BCUT2D eigenvalue weighted by molar-refractivity contribution is 5.95. The highest BCUT2D eigenvalue weighted by atomic mass is 16.3. The number of hydrogen-bond donors (Lipinski definition) is 3. The molecule has 0 saturated carbocycles. The molecule has 2 atom stereocenters. The lowest BCUT2D eigenvalue weighted by Crippen LogP contribution is -2.41. The highest BCUT2D eigenvalue weighted by Crippen LogP contribution is 2.19. The Balaban J connectivity index is 2.00. The topological polar surface area (TPSA) is 78.6 Å². The van der Waals surface area contributed by atoms with Crippen molar-refractivity contribution in [3.05, 3.63) is 23.8 Å². The number of hydrogen-bond acceptors (Lipinski definition) is 4. The van der Waals surface area contributed by atoms with Crippen molar-refractivity contribution in [1.29, 1.82) is 0 Å². The lowest BCUT2D eigenvalue weighted by Gasteiger charge is -2.23. The fourth-order valence-electron chi connectivity index (χ4n) is 2.35. The Morgan fingerprint density at radius 3 is 2.89 bits per heavy atom. The number of aliphatic hydroxyl groups is 1. The van der Waals surface area contributed by atoms with Gasteiger partial charge in [-0.05, 0) is 44.0 Å². The first kappa shape index (κ1) is 13.8. The summed E-state index contributed by atoms with van der Waals surface area (Å²) in [5.41, 5.74) is 8.10. The average molecular weight is 263 g/mol. The second-order valence-corrected chi connectivity index (χ2v) is 5.18. The molecule has 1 aromatic carbocycles. The van der Waals surface area contributed by atoms with E-state index in [1.165, 1.54) is 0 Å². The van der Waals surface area contributed by atoms with Gasteiger partial charge in [0.15, 0.2) is 0 Å². The van der Waals surface area contributed by atoms with Crippen molar-refractivity contribution in [3.63, 3.8) is 0 Å². The lowest BCUT2D eigenvalue weighted by molar-refractivity contribution is -0.120. The van der Waals surface area contributed by atoms with Crippen LogP contribution in [0.25, 0.3) is 0 Å². The molecule has 1 heterocycles. The van der Waals surface area contributed by atoms with Crippen LogP contribution in [0.4, 0.5) is 11.4 Å². The monoisotopic (exact) mass is 263 g/mol. The number of anilines is 2. The maximum Gasteiger partial charge on any atom is 0.241 e. The van der Waals surface area contributed by atoms with Gasteiger partial charge in [0, 0.05) is 24.5 Å². The molecule has 1 amide bonds. The van der Waals surface area contributed by atoms with Gasteiger partial charge in [-0.1, -0.05) is 0 Å². The molecule has 0 aromatic heterocycles. The van der Waals surface area contributed by atoms with Crippen molar-refractivity contribution >= 4 is 17.3 Å². The molecule has 1 aliphatic heterocycles. The fourth-order valence-corrected chi connectivity index (χ4v) is 2.35. The Labute approximate surface area is 113 Å². The van der Waals surface area contributed by atoms with Crippen LogP contribution in [0.5, 0.6) is 0 Å². The Kier molecular flexibility index (Phi) is 4.07. The van der Waals surface area contributed by atoms with E-state index >= 15 is 0 Å². The molecular weight excluding hydrogens is 242 g/mol. The Morgan fingerprint density at radius 2 is 2.32 bits per heavy atom. The zero-order valence-corrected chi connectivity index (χ0v) is 11.4. The number of rotatable bonds is 3. The summed E-state index contributed by atoms with van der Waals surface area (Å²) in [7, 11) is 0. The second-order valence-electron chi connectivity index (χ2n) is 5.18. The maximum atomic E-state index is 12.2. The number of nitrogens with two attached hydrogens (primary N) is 1. The molecule has 1 fully saturated rings. The Bertz CT molecular complexity index is 476. The van der Waals surface area contributed by atoms with E-state index in [1.54, 1.807) is 6.07 Å². The van der Waals surface area contributed by atoms with E-state index in [0.717, 1.165) is 24.2 Å². The van der Waals surface area contributed by atoms with Crippen molar-refractivity contribution in [1.82, 2.24) is 4.90 Å². The SMILES string of the molecule is Cc1cc(N)ccc1NC(=O)C(C)N1CCC(O)C1. The maximum absolute atomic E-state index is 12.2. The van der Waals surface area contributed by atoms with E-state index in [1.807, 2.05) is 30.9 Å². The van der Waals surface area contributed by atoms with E-state index in [9.17, 15) is 9.90 Å². The van der Waals surface area contributed by atoms with Gasteiger partial charge in [-0.15, -0.1) is 0 Å². The van der Waals surface area contributed by atoms with Crippen LogP contribution in [0.3, 0.4) is 0 Å². The van der Waals surface area contributed by atoms with Crippen molar-refractivity contribution in [2.75, 3.05) is 24.1 Å². The van der Waals surface area contributed by atoms with Crippen molar-refractivity contribution in [2.45, 2.75) is 32.4 Å². The predicted octanol–water partition coefficient (Wildman–Crippen LogP) is 0.971. The zero-order valence-electron chi connectivity index (χ0n) is 11.4. The van der Waals surface area contributed by atoms with Gasteiger partial charge in [-0.3, -0.25) is 9.69 Å². The Morgan fingerprint density at radius 1 is 1.58 bits per heavy atom.